The molecule has 0 aliphatic carbocycles. The second-order valence-electron chi connectivity index (χ2n) is 7.45. The number of rotatable bonds is 4. The molecule has 1 fully saturated rings. The molecule has 1 atom stereocenters. The fourth-order valence-electron chi connectivity index (χ4n) is 3.96. The van der Waals surface area contributed by atoms with Crippen molar-refractivity contribution >= 4 is 33.2 Å². The number of amides is 1. The number of carbonyl (C=O) groups excluding carboxylic acids is 1. The molecule has 28 heavy (non-hydrogen) atoms. The predicted octanol–water partition coefficient (Wildman–Crippen LogP) is 4.37. The van der Waals surface area contributed by atoms with Crippen LogP contribution in [0.3, 0.4) is 0 Å². The highest BCUT2D eigenvalue weighted by Crippen LogP contribution is 2.31. The lowest BCUT2D eigenvalue weighted by molar-refractivity contribution is -0.119. The second kappa shape index (κ2) is 7.85. The van der Waals surface area contributed by atoms with Gasteiger partial charge in [0.1, 0.15) is 6.04 Å². The van der Waals surface area contributed by atoms with E-state index in [-0.39, 0.29) is 5.91 Å². The third-order valence-electron chi connectivity index (χ3n) is 5.12. The van der Waals surface area contributed by atoms with Gasteiger partial charge in [-0.2, -0.15) is 4.31 Å². The third-order valence-corrected chi connectivity index (χ3v) is 7.57. The van der Waals surface area contributed by atoms with Crippen LogP contribution in [0, 0.1) is 27.7 Å². The van der Waals surface area contributed by atoms with Gasteiger partial charge in [-0.15, -0.1) is 0 Å². The topological polar surface area (TPSA) is 66.5 Å². The van der Waals surface area contributed by atoms with Gasteiger partial charge in [-0.1, -0.05) is 29.3 Å². The zero-order chi connectivity index (χ0) is 20.6. The summed E-state index contributed by atoms with van der Waals surface area (Å²) in [6.45, 7) is 7.73. The molecule has 1 amide bonds. The van der Waals surface area contributed by atoms with Gasteiger partial charge in [0.2, 0.25) is 15.9 Å². The van der Waals surface area contributed by atoms with Crippen molar-refractivity contribution in [2.75, 3.05) is 11.9 Å². The highest BCUT2D eigenvalue weighted by molar-refractivity contribution is 7.89. The summed E-state index contributed by atoms with van der Waals surface area (Å²) in [6.07, 6.45) is 1.16. The zero-order valence-electron chi connectivity index (χ0n) is 16.5. The first-order valence-corrected chi connectivity index (χ1v) is 11.1. The highest BCUT2D eigenvalue weighted by Gasteiger charge is 2.40. The Morgan fingerprint density at radius 1 is 1.07 bits per heavy atom. The van der Waals surface area contributed by atoms with Crippen LogP contribution in [-0.4, -0.2) is 31.2 Å². The van der Waals surface area contributed by atoms with E-state index in [9.17, 15) is 13.2 Å². The van der Waals surface area contributed by atoms with Gasteiger partial charge in [0.05, 0.1) is 4.90 Å². The normalized spacial score (nSPS) is 17.7. The number of sulfonamides is 1. The maximum Gasteiger partial charge on any atom is 0.244 e. The number of carbonyl (C=O) groups is 1. The largest absolute Gasteiger partial charge is 0.324 e. The summed E-state index contributed by atoms with van der Waals surface area (Å²) in [5.41, 5.74) is 3.90. The molecule has 1 aliphatic rings. The molecule has 3 rings (SSSR count). The van der Waals surface area contributed by atoms with Gasteiger partial charge in [-0.05, 0) is 75.4 Å². The number of halogens is 1. The molecule has 0 saturated carbocycles. The van der Waals surface area contributed by atoms with Crippen LogP contribution in [0.2, 0.25) is 5.02 Å². The number of nitrogens with one attached hydrogen (secondary N) is 1. The average Bonchev–Trinajstić information content (AvgIpc) is 3.06. The number of hydrogen-bond acceptors (Lipinski definition) is 3. The Balaban J connectivity index is 1.91. The number of benzene rings is 2. The minimum absolute atomic E-state index is 0.306. The molecule has 1 N–H and O–H groups in total. The fourth-order valence-corrected chi connectivity index (χ4v) is 6.26. The van der Waals surface area contributed by atoms with Gasteiger partial charge in [-0.3, -0.25) is 4.79 Å². The van der Waals surface area contributed by atoms with E-state index in [0.29, 0.717) is 46.1 Å². The van der Waals surface area contributed by atoms with Gasteiger partial charge in [0.15, 0.2) is 0 Å². The first kappa shape index (κ1) is 20.8. The predicted molar refractivity (Wildman–Crippen MR) is 112 cm³/mol. The van der Waals surface area contributed by atoms with Crippen molar-refractivity contribution in [2.24, 2.45) is 0 Å². The molecule has 0 unspecified atom stereocenters. The maximum absolute atomic E-state index is 13.4. The smallest absolute Gasteiger partial charge is 0.244 e. The van der Waals surface area contributed by atoms with E-state index >= 15 is 0 Å². The van der Waals surface area contributed by atoms with Crippen LogP contribution in [0.1, 0.15) is 35.1 Å². The SMILES string of the molecule is Cc1cc(C)c(S(=O)(=O)N2CCC[C@H]2C(=O)Nc2ccc(Cl)cc2C)c(C)c1. The van der Waals surface area contributed by atoms with Crippen molar-refractivity contribution in [3.8, 4) is 0 Å². The van der Waals surface area contributed by atoms with Crippen molar-refractivity contribution in [1.82, 2.24) is 4.31 Å². The van der Waals surface area contributed by atoms with Crippen LogP contribution >= 0.6 is 11.6 Å². The first-order chi connectivity index (χ1) is 13.1. The summed E-state index contributed by atoms with van der Waals surface area (Å²) in [6, 6.07) is 8.20. The molecule has 2 aromatic rings. The van der Waals surface area contributed by atoms with E-state index in [1.807, 2.05) is 26.0 Å². The molecule has 1 heterocycles. The molecule has 0 radical (unpaired) electrons. The van der Waals surface area contributed by atoms with Gasteiger partial charge in [0.25, 0.3) is 0 Å². The molecule has 7 heteroatoms. The number of anilines is 1. The highest BCUT2D eigenvalue weighted by atomic mass is 35.5. The Hall–Kier alpha value is -1.89. The minimum Gasteiger partial charge on any atom is -0.324 e. The molecule has 1 saturated heterocycles. The average molecular weight is 421 g/mol. The summed E-state index contributed by atoms with van der Waals surface area (Å²) in [5.74, 6) is -0.311. The van der Waals surface area contributed by atoms with E-state index in [0.717, 1.165) is 11.1 Å². The molecular weight excluding hydrogens is 396 g/mol. The van der Waals surface area contributed by atoms with Crippen LogP contribution in [0.5, 0.6) is 0 Å². The Kier molecular flexibility index (Phi) is 5.84. The van der Waals surface area contributed by atoms with E-state index in [1.165, 1.54) is 4.31 Å². The Labute approximate surface area is 171 Å². The second-order valence-corrected chi connectivity index (χ2v) is 9.71. The van der Waals surface area contributed by atoms with E-state index in [4.69, 9.17) is 11.6 Å². The summed E-state index contributed by atoms with van der Waals surface area (Å²) < 4.78 is 28.1. The number of nitrogens with zero attached hydrogens (tertiary/aromatic N) is 1. The minimum atomic E-state index is -3.77. The van der Waals surface area contributed by atoms with Crippen LogP contribution < -0.4 is 5.32 Å². The standard InChI is InChI=1S/C21H25ClN2O3S/c1-13-10-15(3)20(16(4)11-13)28(26,27)24-9-5-6-19(24)21(25)23-18-8-7-17(22)12-14(18)2/h7-8,10-12,19H,5-6,9H2,1-4H3,(H,23,25)/t19-/m0/s1. The van der Waals surface area contributed by atoms with Crippen molar-refractivity contribution < 1.29 is 13.2 Å². The maximum atomic E-state index is 13.4. The van der Waals surface area contributed by atoms with Crippen molar-refractivity contribution in [3.63, 3.8) is 0 Å². The van der Waals surface area contributed by atoms with E-state index in [1.54, 1.807) is 32.0 Å². The summed E-state index contributed by atoms with van der Waals surface area (Å²) in [7, 11) is -3.77. The molecule has 1 aliphatic heterocycles. The molecule has 150 valence electrons. The number of hydrogen-bond donors (Lipinski definition) is 1. The van der Waals surface area contributed by atoms with Crippen molar-refractivity contribution in [3.05, 3.63) is 57.6 Å². The molecule has 5 nitrogen and oxygen atoms in total. The van der Waals surface area contributed by atoms with E-state index < -0.39 is 16.1 Å². The monoisotopic (exact) mass is 420 g/mol. The molecular formula is C21H25ClN2O3S. The quantitative estimate of drug-likeness (QED) is 0.798. The van der Waals surface area contributed by atoms with E-state index in [2.05, 4.69) is 5.32 Å². The molecule has 0 bridgehead atoms. The molecule has 2 aromatic carbocycles. The Morgan fingerprint density at radius 3 is 2.32 bits per heavy atom. The third kappa shape index (κ3) is 3.95. The summed E-state index contributed by atoms with van der Waals surface area (Å²) in [5, 5.41) is 3.46. The Morgan fingerprint density at radius 2 is 1.71 bits per heavy atom. The lowest BCUT2D eigenvalue weighted by Crippen LogP contribution is -2.43. The summed E-state index contributed by atoms with van der Waals surface area (Å²) >= 11 is 5.97. The molecule has 0 spiro atoms. The van der Waals surface area contributed by atoms with Gasteiger partial charge >= 0.3 is 0 Å². The lowest BCUT2D eigenvalue weighted by atomic mass is 10.1. The van der Waals surface area contributed by atoms with Gasteiger partial charge in [0, 0.05) is 17.3 Å². The first-order valence-electron chi connectivity index (χ1n) is 9.28. The number of aryl methyl sites for hydroxylation is 4. The van der Waals surface area contributed by atoms with Gasteiger partial charge in [-0.25, -0.2) is 8.42 Å². The van der Waals surface area contributed by atoms with Crippen LogP contribution in [0.15, 0.2) is 35.2 Å². The lowest BCUT2D eigenvalue weighted by Gasteiger charge is -2.25. The zero-order valence-corrected chi connectivity index (χ0v) is 18.1. The van der Waals surface area contributed by atoms with Crippen LogP contribution in [0.4, 0.5) is 5.69 Å². The van der Waals surface area contributed by atoms with Crippen LogP contribution in [0.25, 0.3) is 0 Å². The van der Waals surface area contributed by atoms with Gasteiger partial charge < -0.3 is 5.32 Å². The van der Waals surface area contributed by atoms with Crippen molar-refractivity contribution in [2.45, 2.75) is 51.5 Å². The fraction of sp³-hybridized carbons (Fsp3) is 0.381. The van der Waals surface area contributed by atoms with Crippen molar-refractivity contribution in [1.29, 1.82) is 0 Å². The van der Waals surface area contributed by atoms with Crippen LogP contribution in [-0.2, 0) is 14.8 Å². The summed E-state index contributed by atoms with van der Waals surface area (Å²) in [4.78, 5) is 13.2. The molecule has 0 aromatic heterocycles. The Bertz CT molecular complexity index is 1010.